The monoisotopic (exact) mass is 314 g/mol. The van der Waals surface area contributed by atoms with Crippen LogP contribution in [-0.2, 0) is 4.79 Å². The van der Waals surface area contributed by atoms with Crippen LogP contribution < -0.4 is 5.32 Å². The molecule has 1 aromatic carbocycles. The second-order valence-electron chi connectivity index (χ2n) is 5.41. The average Bonchev–Trinajstić information content (AvgIpc) is 2.90. The molecule has 1 aliphatic rings. The molecule has 2 unspecified atom stereocenters. The van der Waals surface area contributed by atoms with Crippen LogP contribution in [-0.4, -0.2) is 30.9 Å². The summed E-state index contributed by atoms with van der Waals surface area (Å²) in [6.07, 6.45) is 1.68. The van der Waals surface area contributed by atoms with Crippen LogP contribution in [0.4, 0.5) is 0 Å². The summed E-state index contributed by atoms with van der Waals surface area (Å²) < 4.78 is 0. The molecule has 0 aliphatic carbocycles. The van der Waals surface area contributed by atoms with E-state index in [-0.39, 0.29) is 11.9 Å². The molecule has 0 aromatic heterocycles. The average molecular weight is 315 g/mol. The summed E-state index contributed by atoms with van der Waals surface area (Å²) in [7, 11) is 1.83. The number of carbonyl (C=O) groups excluding carboxylic acids is 1. The zero-order chi connectivity index (χ0) is 14.7. The SMILES string of the molecule is CC(c1ccc(Cl)cc1Cl)N(C)C(=O)CC1CCNC1. The number of nitrogens with zero attached hydrogens (tertiary/aromatic N) is 1. The van der Waals surface area contributed by atoms with Gasteiger partial charge in [-0.3, -0.25) is 4.79 Å². The number of nitrogens with one attached hydrogen (secondary N) is 1. The van der Waals surface area contributed by atoms with Crippen LogP contribution in [0.3, 0.4) is 0 Å². The maximum absolute atomic E-state index is 12.3. The standard InChI is InChI=1S/C15H20Cl2N2O/c1-10(13-4-3-12(16)8-14(13)17)19(2)15(20)7-11-5-6-18-9-11/h3-4,8,10-11,18H,5-7,9H2,1-2H3. The van der Waals surface area contributed by atoms with Gasteiger partial charge in [-0.2, -0.15) is 0 Å². The molecule has 1 aliphatic heterocycles. The van der Waals surface area contributed by atoms with Crippen molar-refractivity contribution in [3.05, 3.63) is 33.8 Å². The van der Waals surface area contributed by atoms with E-state index in [1.54, 1.807) is 17.0 Å². The maximum atomic E-state index is 12.3. The van der Waals surface area contributed by atoms with Crippen molar-refractivity contribution in [1.82, 2.24) is 10.2 Å². The van der Waals surface area contributed by atoms with Gasteiger partial charge in [-0.1, -0.05) is 29.3 Å². The van der Waals surface area contributed by atoms with Crippen LogP contribution in [0.1, 0.15) is 31.4 Å². The third-order valence-corrected chi connectivity index (χ3v) is 4.58. The fourth-order valence-electron chi connectivity index (χ4n) is 2.54. The van der Waals surface area contributed by atoms with Gasteiger partial charge in [-0.25, -0.2) is 0 Å². The highest BCUT2D eigenvalue weighted by Gasteiger charge is 2.24. The summed E-state index contributed by atoms with van der Waals surface area (Å²) >= 11 is 12.1. The highest BCUT2D eigenvalue weighted by molar-refractivity contribution is 6.35. The summed E-state index contributed by atoms with van der Waals surface area (Å²) in [4.78, 5) is 14.1. The lowest BCUT2D eigenvalue weighted by Gasteiger charge is -2.27. The van der Waals surface area contributed by atoms with Crippen LogP contribution in [0, 0.1) is 5.92 Å². The lowest BCUT2D eigenvalue weighted by atomic mass is 10.0. The Morgan fingerprint density at radius 3 is 2.85 bits per heavy atom. The van der Waals surface area contributed by atoms with Crippen molar-refractivity contribution >= 4 is 29.1 Å². The van der Waals surface area contributed by atoms with Crippen molar-refractivity contribution in [3.63, 3.8) is 0 Å². The Hall–Kier alpha value is -0.770. The highest BCUT2D eigenvalue weighted by atomic mass is 35.5. The van der Waals surface area contributed by atoms with Gasteiger partial charge in [0, 0.05) is 23.5 Å². The quantitative estimate of drug-likeness (QED) is 0.922. The van der Waals surface area contributed by atoms with Gasteiger partial charge < -0.3 is 10.2 Å². The van der Waals surface area contributed by atoms with E-state index in [9.17, 15) is 4.79 Å². The van der Waals surface area contributed by atoms with Crippen molar-refractivity contribution in [2.75, 3.05) is 20.1 Å². The van der Waals surface area contributed by atoms with E-state index >= 15 is 0 Å². The minimum absolute atomic E-state index is 0.0540. The molecular weight excluding hydrogens is 295 g/mol. The van der Waals surface area contributed by atoms with Gasteiger partial charge in [0.15, 0.2) is 0 Å². The van der Waals surface area contributed by atoms with E-state index in [2.05, 4.69) is 5.32 Å². The summed E-state index contributed by atoms with van der Waals surface area (Å²) in [6.45, 7) is 3.94. The van der Waals surface area contributed by atoms with E-state index in [1.807, 2.05) is 20.0 Å². The zero-order valence-electron chi connectivity index (χ0n) is 11.8. The Labute approximate surface area is 130 Å². The minimum atomic E-state index is -0.0540. The molecule has 0 spiro atoms. The van der Waals surface area contributed by atoms with Crippen LogP contribution in [0.5, 0.6) is 0 Å². The molecule has 1 N–H and O–H groups in total. The Morgan fingerprint density at radius 1 is 1.50 bits per heavy atom. The lowest BCUT2D eigenvalue weighted by molar-refractivity contribution is -0.132. The van der Waals surface area contributed by atoms with Gasteiger partial charge in [0.2, 0.25) is 5.91 Å². The number of hydrogen-bond acceptors (Lipinski definition) is 2. The molecule has 0 bridgehead atoms. The summed E-state index contributed by atoms with van der Waals surface area (Å²) in [6, 6.07) is 5.35. The molecule has 2 atom stereocenters. The van der Waals surface area contributed by atoms with Crippen LogP contribution in [0.25, 0.3) is 0 Å². The molecule has 2 rings (SSSR count). The number of carbonyl (C=O) groups is 1. The van der Waals surface area contributed by atoms with Gasteiger partial charge >= 0.3 is 0 Å². The third kappa shape index (κ3) is 3.66. The molecule has 1 aromatic rings. The molecular formula is C15H20Cl2N2O. The smallest absolute Gasteiger partial charge is 0.223 e. The molecule has 3 nitrogen and oxygen atoms in total. The zero-order valence-corrected chi connectivity index (χ0v) is 13.3. The second-order valence-corrected chi connectivity index (χ2v) is 6.25. The topological polar surface area (TPSA) is 32.3 Å². The highest BCUT2D eigenvalue weighted by Crippen LogP contribution is 2.29. The Balaban J connectivity index is 2.03. The lowest BCUT2D eigenvalue weighted by Crippen LogP contribution is -2.31. The molecule has 0 saturated carbocycles. The molecule has 1 heterocycles. The second kappa shape index (κ2) is 6.79. The first-order valence-electron chi connectivity index (χ1n) is 6.90. The Kier molecular flexibility index (Phi) is 5.30. The number of halogens is 2. The molecule has 1 fully saturated rings. The predicted molar refractivity (Wildman–Crippen MR) is 83.2 cm³/mol. The number of rotatable bonds is 4. The van der Waals surface area contributed by atoms with Crippen molar-refractivity contribution in [3.8, 4) is 0 Å². The molecule has 5 heteroatoms. The first kappa shape index (κ1) is 15.6. The summed E-state index contributed by atoms with van der Waals surface area (Å²) in [5, 5.41) is 4.50. The fraction of sp³-hybridized carbons (Fsp3) is 0.533. The van der Waals surface area contributed by atoms with Gasteiger partial charge in [0.25, 0.3) is 0 Å². The molecule has 0 radical (unpaired) electrons. The maximum Gasteiger partial charge on any atom is 0.223 e. The Morgan fingerprint density at radius 2 is 2.25 bits per heavy atom. The Bertz CT molecular complexity index is 487. The normalized spacial score (nSPS) is 19.9. The van der Waals surface area contributed by atoms with Gasteiger partial charge in [0.05, 0.1) is 6.04 Å². The van der Waals surface area contributed by atoms with Crippen molar-refractivity contribution in [1.29, 1.82) is 0 Å². The van der Waals surface area contributed by atoms with E-state index < -0.39 is 0 Å². The van der Waals surface area contributed by atoms with Crippen molar-refractivity contribution < 1.29 is 4.79 Å². The van der Waals surface area contributed by atoms with E-state index in [4.69, 9.17) is 23.2 Å². The number of amides is 1. The summed E-state index contributed by atoms with van der Waals surface area (Å²) in [5.74, 6) is 0.620. The van der Waals surface area contributed by atoms with Crippen molar-refractivity contribution in [2.45, 2.75) is 25.8 Å². The molecule has 1 amide bonds. The van der Waals surface area contributed by atoms with E-state index in [0.717, 1.165) is 25.1 Å². The minimum Gasteiger partial charge on any atom is -0.339 e. The van der Waals surface area contributed by atoms with Gasteiger partial charge in [-0.15, -0.1) is 0 Å². The van der Waals surface area contributed by atoms with E-state index in [0.29, 0.717) is 22.4 Å². The fourth-order valence-corrected chi connectivity index (χ4v) is 3.11. The molecule has 1 saturated heterocycles. The predicted octanol–water partition coefficient (Wildman–Crippen LogP) is 3.51. The van der Waals surface area contributed by atoms with E-state index in [1.165, 1.54) is 0 Å². The molecule has 20 heavy (non-hydrogen) atoms. The number of hydrogen-bond donors (Lipinski definition) is 1. The van der Waals surface area contributed by atoms with Crippen LogP contribution >= 0.6 is 23.2 Å². The largest absolute Gasteiger partial charge is 0.339 e. The van der Waals surface area contributed by atoms with Crippen molar-refractivity contribution in [2.24, 2.45) is 5.92 Å². The first-order chi connectivity index (χ1) is 9.49. The van der Waals surface area contributed by atoms with Gasteiger partial charge in [0.1, 0.15) is 0 Å². The number of benzene rings is 1. The van der Waals surface area contributed by atoms with Crippen LogP contribution in [0.15, 0.2) is 18.2 Å². The molecule has 110 valence electrons. The third-order valence-electron chi connectivity index (χ3n) is 4.01. The summed E-state index contributed by atoms with van der Waals surface area (Å²) in [5.41, 5.74) is 0.927. The van der Waals surface area contributed by atoms with Crippen LogP contribution in [0.2, 0.25) is 10.0 Å². The first-order valence-corrected chi connectivity index (χ1v) is 7.66. The van der Waals surface area contributed by atoms with Gasteiger partial charge in [-0.05, 0) is 50.0 Å².